The largest absolute Gasteiger partial charge is 0.363 e. The summed E-state index contributed by atoms with van der Waals surface area (Å²) in [5, 5.41) is 12.7. The molecule has 0 bridgehead atoms. The van der Waals surface area contributed by atoms with Crippen molar-refractivity contribution in [2.24, 2.45) is 5.92 Å². The van der Waals surface area contributed by atoms with E-state index < -0.39 is 17.2 Å². The number of benzene rings is 1. The molecule has 1 heterocycles. The Bertz CT molecular complexity index is 665. The predicted octanol–water partition coefficient (Wildman–Crippen LogP) is 3.85. The molecule has 108 valence electrons. The Morgan fingerprint density at radius 2 is 2.00 bits per heavy atom. The lowest BCUT2D eigenvalue weighted by Gasteiger charge is -2.33. The second kappa shape index (κ2) is 5.88. The fraction of sp³-hybridized carbons (Fsp3) is 0.250. The molecule has 1 aromatic heterocycles. The van der Waals surface area contributed by atoms with Crippen LogP contribution in [0.2, 0.25) is 0 Å². The molecule has 0 saturated heterocycles. The van der Waals surface area contributed by atoms with Gasteiger partial charge in [0.05, 0.1) is 6.07 Å². The molecule has 1 unspecified atom stereocenters. The Morgan fingerprint density at radius 1 is 1.24 bits per heavy atom. The van der Waals surface area contributed by atoms with Crippen molar-refractivity contribution in [1.82, 2.24) is 4.98 Å². The molecule has 1 atom stereocenters. The monoisotopic (exact) mass is 287 g/mol. The molecule has 0 saturated carbocycles. The molecule has 21 heavy (non-hydrogen) atoms. The van der Waals surface area contributed by atoms with Gasteiger partial charge in [0.1, 0.15) is 0 Å². The van der Waals surface area contributed by atoms with Gasteiger partial charge in [-0.05, 0) is 24.1 Å². The van der Waals surface area contributed by atoms with Crippen molar-refractivity contribution in [2.75, 3.05) is 5.32 Å². The van der Waals surface area contributed by atoms with Gasteiger partial charge in [-0.1, -0.05) is 19.9 Å². The molecule has 0 spiro atoms. The third-order valence-electron chi connectivity index (χ3n) is 3.42. The number of halogens is 2. The van der Waals surface area contributed by atoms with Gasteiger partial charge in [-0.15, -0.1) is 0 Å². The maximum atomic E-state index is 13.4. The van der Waals surface area contributed by atoms with Gasteiger partial charge in [0.15, 0.2) is 17.2 Å². The van der Waals surface area contributed by atoms with Gasteiger partial charge < -0.3 is 5.32 Å². The van der Waals surface area contributed by atoms with Gasteiger partial charge >= 0.3 is 0 Å². The summed E-state index contributed by atoms with van der Waals surface area (Å²) in [6, 6.07) is 9.24. The molecule has 3 nitrogen and oxygen atoms in total. The van der Waals surface area contributed by atoms with E-state index in [4.69, 9.17) is 0 Å². The smallest absolute Gasteiger partial charge is 0.160 e. The SMILES string of the molecule is CC(C)C(C#N)(Nc1ccc(F)c(F)c1)c1cccnc1. The van der Waals surface area contributed by atoms with Crippen LogP contribution >= 0.6 is 0 Å². The molecule has 5 heteroatoms. The summed E-state index contributed by atoms with van der Waals surface area (Å²) in [6.07, 6.45) is 3.21. The zero-order chi connectivity index (χ0) is 15.5. The van der Waals surface area contributed by atoms with E-state index in [2.05, 4.69) is 16.4 Å². The van der Waals surface area contributed by atoms with Gasteiger partial charge in [0.25, 0.3) is 0 Å². The van der Waals surface area contributed by atoms with Gasteiger partial charge in [0, 0.05) is 29.7 Å². The summed E-state index contributed by atoms with van der Waals surface area (Å²) < 4.78 is 26.4. The second-order valence-electron chi connectivity index (χ2n) is 5.07. The van der Waals surface area contributed by atoms with Gasteiger partial charge in [-0.25, -0.2) is 8.78 Å². The maximum absolute atomic E-state index is 13.4. The Balaban J connectivity index is 2.47. The van der Waals surface area contributed by atoms with Crippen LogP contribution in [0.4, 0.5) is 14.5 Å². The highest BCUT2D eigenvalue weighted by atomic mass is 19.2. The first-order valence-corrected chi connectivity index (χ1v) is 6.54. The Hall–Kier alpha value is -2.48. The normalized spacial score (nSPS) is 13.5. The van der Waals surface area contributed by atoms with Crippen molar-refractivity contribution >= 4 is 5.69 Å². The van der Waals surface area contributed by atoms with E-state index in [1.165, 1.54) is 6.07 Å². The molecule has 2 rings (SSSR count). The van der Waals surface area contributed by atoms with Crippen molar-refractivity contribution in [3.05, 3.63) is 59.9 Å². The Labute approximate surface area is 122 Å². The number of hydrogen-bond acceptors (Lipinski definition) is 3. The second-order valence-corrected chi connectivity index (χ2v) is 5.07. The number of nitrogens with one attached hydrogen (secondary N) is 1. The molecule has 1 aromatic carbocycles. The topological polar surface area (TPSA) is 48.7 Å². The summed E-state index contributed by atoms with van der Waals surface area (Å²) in [6.45, 7) is 3.76. The molecule has 0 aliphatic carbocycles. The minimum atomic E-state index is -1.07. The molecular formula is C16H15F2N3. The van der Waals surface area contributed by atoms with Crippen LogP contribution in [0, 0.1) is 28.9 Å². The molecule has 0 amide bonds. The third-order valence-corrected chi connectivity index (χ3v) is 3.42. The fourth-order valence-electron chi connectivity index (χ4n) is 2.17. The van der Waals surface area contributed by atoms with E-state index in [1.54, 1.807) is 24.5 Å². The van der Waals surface area contributed by atoms with Gasteiger partial charge in [-0.3, -0.25) is 4.98 Å². The van der Waals surface area contributed by atoms with E-state index in [9.17, 15) is 14.0 Å². The summed E-state index contributed by atoms with van der Waals surface area (Å²) in [7, 11) is 0. The molecular weight excluding hydrogens is 272 g/mol. The van der Waals surface area contributed by atoms with Crippen molar-refractivity contribution < 1.29 is 8.78 Å². The lowest BCUT2D eigenvalue weighted by molar-refractivity contribution is 0.442. The molecule has 0 radical (unpaired) electrons. The maximum Gasteiger partial charge on any atom is 0.160 e. The Morgan fingerprint density at radius 3 is 2.52 bits per heavy atom. The zero-order valence-corrected chi connectivity index (χ0v) is 11.8. The number of rotatable bonds is 4. The number of aromatic nitrogens is 1. The molecule has 0 aliphatic heterocycles. The first-order chi connectivity index (χ1) is 9.99. The minimum Gasteiger partial charge on any atom is -0.363 e. The van der Waals surface area contributed by atoms with Crippen molar-refractivity contribution in [1.29, 1.82) is 5.26 Å². The van der Waals surface area contributed by atoms with E-state index in [0.717, 1.165) is 12.1 Å². The lowest BCUT2D eigenvalue weighted by Crippen LogP contribution is -2.39. The predicted molar refractivity (Wildman–Crippen MR) is 76.3 cm³/mol. The van der Waals surface area contributed by atoms with E-state index in [1.807, 2.05) is 13.8 Å². The lowest BCUT2D eigenvalue weighted by atomic mass is 9.81. The molecule has 1 N–H and O–H groups in total. The number of nitriles is 1. The van der Waals surface area contributed by atoms with Crippen LogP contribution in [0.25, 0.3) is 0 Å². The van der Waals surface area contributed by atoms with E-state index in [0.29, 0.717) is 11.3 Å². The molecule has 0 fully saturated rings. The quantitative estimate of drug-likeness (QED) is 0.929. The first-order valence-electron chi connectivity index (χ1n) is 6.54. The average Bonchev–Trinajstić information content (AvgIpc) is 2.49. The van der Waals surface area contributed by atoms with Crippen LogP contribution in [0.3, 0.4) is 0 Å². The molecule has 2 aromatic rings. The van der Waals surface area contributed by atoms with Gasteiger partial charge in [-0.2, -0.15) is 5.26 Å². The number of hydrogen-bond donors (Lipinski definition) is 1. The third kappa shape index (κ3) is 2.84. The van der Waals surface area contributed by atoms with Crippen molar-refractivity contribution in [2.45, 2.75) is 19.4 Å². The Kier molecular flexibility index (Phi) is 4.18. The number of pyridine rings is 1. The van der Waals surface area contributed by atoms with Crippen LogP contribution in [-0.2, 0) is 5.54 Å². The summed E-state index contributed by atoms with van der Waals surface area (Å²) in [5.74, 6) is -1.99. The van der Waals surface area contributed by atoms with Gasteiger partial charge in [0.2, 0.25) is 0 Å². The van der Waals surface area contributed by atoms with Crippen LogP contribution in [0.5, 0.6) is 0 Å². The van der Waals surface area contributed by atoms with Crippen molar-refractivity contribution in [3.8, 4) is 6.07 Å². The highest BCUT2D eigenvalue weighted by Crippen LogP contribution is 2.33. The molecule has 0 aliphatic rings. The van der Waals surface area contributed by atoms with E-state index in [-0.39, 0.29) is 5.92 Å². The first kappa shape index (κ1) is 14.9. The average molecular weight is 287 g/mol. The van der Waals surface area contributed by atoms with Crippen LogP contribution in [0.15, 0.2) is 42.7 Å². The fourth-order valence-corrected chi connectivity index (χ4v) is 2.17. The summed E-state index contributed by atoms with van der Waals surface area (Å²) >= 11 is 0. The highest BCUT2D eigenvalue weighted by Gasteiger charge is 2.36. The van der Waals surface area contributed by atoms with Crippen molar-refractivity contribution in [3.63, 3.8) is 0 Å². The number of anilines is 1. The van der Waals surface area contributed by atoms with Crippen LogP contribution < -0.4 is 5.32 Å². The van der Waals surface area contributed by atoms with E-state index >= 15 is 0 Å². The minimum absolute atomic E-state index is 0.111. The van der Waals surface area contributed by atoms with Crippen LogP contribution in [-0.4, -0.2) is 4.98 Å². The zero-order valence-electron chi connectivity index (χ0n) is 11.8. The summed E-state index contributed by atoms with van der Waals surface area (Å²) in [4.78, 5) is 4.03. The van der Waals surface area contributed by atoms with Crippen LogP contribution in [0.1, 0.15) is 19.4 Å². The summed E-state index contributed by atoms with van der Waals surface area (Å²) in [5.41, 5.74) is -0.0568. The highest BCUT2D eigenvalue weighted by molar-refractivity contribution is 5.51. The standard InChI is InChI=1S/C16H15F2N3/c1-11(2)16(10-19,12-4-3-7-20-9-12)21-13-5-6-14(17)15(18)8-13/h3-9,11,21H,1-2H3. The number of nitrogens with zero attached hydrogens (tertiary/aromatic N) is 2.